The average molecular weight is 352 g/mol. The minimum atomic E-state index is -0.377. The van der Waals surface area contributed by atoms with E-state index in [0.717, 1.165) is 16.9 Å². The summed E-state index contributed by atoms with van der Waals surface area (Å²) in [6.07, 6.45) is 0.338. The number of ether oxygens (including phenoxy) is 1. The highest BCUT2D eigenvalue weighted by Crippen LogP contribution is 2.25. The number of aryl methyl sites for hydroxylation is 1. The van der Waals surface area contributed by atoms with Crippen molar-refractivity contribution in [2.24, 2.45) is 17.6 Å². The molecule has 2 atom stereocenters. The third-order valence-electron chi connectivity index (χ3n) is 4.97. The van der Waals surface area contributed by atoms with E-state index >= 15 is 0 Å². The monoisotopic (exact) mass is 352 g/mol. The van der Waals surface area contributed by atoms with Crippen LogP contribution in [0.25, 0.3) is 0 Å². The number of hydrogen-bond donors (Lipinski definition) is 1. The van der Waals surface area contributed by atoms with Gasteiger partial charge in [0.25, 0.3) is 0 Å². The second-order valence-electron chi connectivity index (χ2n) is 6.79. The van der Waals surface area contributed by atoms with Gasteiger partial charge in [0.1, 0.15) is 5.75 Å². The topological polar surface area (TPSA) is 72.6 Å². The third-order valence-corrected chi connectivity index (χ3v) is 4.97. The second-order valence-corrected chi connectivity index (χ2v) is 6.79. The number of rotatable bonds is 6. The molecule has 2 aromatic carbocycles. The van der Waals surface area contributed by atoms with Crippen LogP contribution in [0.4, 0.5) is 0 Å². The zero-order chi connectivity index (χ0) is 18.5. The van der Waals surface area contributed by atoms with Crippen molar-refractivity contribution < 1.29 is 14.3 Å². The van der Waals surface area contributed by atoms with Crippen LogP contribution in [0.2, 0.25) is 0 Å². The van der Waals surface area contributed by atoms with E-state index in [1.54, 1.807) is 4.90 Å². The van der Waals surface area contributed by atoms with E-state index in [1.807, 2.05) is 61.5 Å². The smallest absolute Gasteiger partial charge is 0.227 e. The van der Waals surface area contributed by atoms with E-state index in [1.165, 1.54) is 0 Å². The number of amides is 2. The number of likely N-dealkylation sites (tertiary alicyclic amines) is 1. The molecule has 2 N–H and O–H groups in total. The Bertz CT molecular complexity index is 776. The SMILES string of the molecule is Cc1ccccc1CC(=O)N1C[C@@H](COc2ccccc2)[C@H](C(N)=O)C1. The van der Waals surface area contributed by atoms with Gasteiger partial charge in [0.2, 0.25) is 11.8 Å². The summed E-state index contributed by atoms with van der Waals surface area (Å²) in [5, 5.41) is 0. The van der Waals surface area contributed by atoms with E-state index in [4.69, 9.17) is 10.5 Å². The van der Waals surface area contributed by atoms with Crippen LogP contribution < -0.4 is 10.5 Å². The largest absolute Gasteiger partial charge is 0.493 e. The lowest BCUT2D eigenvalue weighted by Crippen LogP contribution is -2.33. The van der Waals surface area contributed by atoms with E-state index < -0.39 is 0 Å². The summed E-state index contributed by atoms with van der Waals surface area (Å²) in [6, 6.07) is 17.3. The zero-order valence-electron chi connectivity index (χ0n) is 14.9. The maximum absolute atomic E-state index is 12.7. The molecule has 136 valence electrons. The summed E-state index contributed by atoms with van der Waals surface area (Å²) in [7, 11) is 0. The Labute approximate surface area is 153 Å². The van der Waals surface area contributed by atoms with Crippen LogP contribution in [-0.2, 0) is 16.0 Å². The third kappa shape index (κ3) is 4.23. The molecule has 0 radical (unpaired) electrons. The van der Waals surface area contributed by atoms with Gasteiger partial charge < -0.3 is 15.4 Å². The quantitative estimate of drug-likeness (QED) is 0.866. The fourth-order valence-electron chi connectivity index (χ4n) is 3.37. The predicted molar refractivity (Wildman–Crippen MR) is 99.6 cm³/mol. The zero-order valence-corrected chi connectivity index (χ0v) is 14.9. The summed E-state index contributed by atoms with van der Waals surface area (Å²) >= 11 is 0. The van der Waals surface area contributed by atoms with Crippen LogP contribution in [0.3, 0.4) is 0 Å². The Kier molecular flexibility index (Phi) is 5.56. The van der Waals surface area contributed by atoms with Crippen molar-refractivity contribution in [3.8, 4) is 5.75 Å². The molecule has 5 heteroatoms. The Balaban J connectivity index is 1.63. The van der Waals surface area contributed by atoms with E-state index in [9.17, 15) is 9.59 Å². The van der Waals surface area contributed by atoms with E-state index in [0.29, 0.717) is 26.1 Å². The van der Waals surface area contributed by atoms with Crippen molar-refractivity contribution in [2.75, 3.05) is 19.7 Å². The summed E-state index contributed by atoms with van der Waals surface area (Å²) in [5.41, 5.74) is 7.67. The second kappa shape index (κ2) is 8.04. The first kappa shape index (κ1) is 18.0. The van der Waals surface area contributed by atoms with Gasteiger partial charge in [0, 0.05) is 19.0 Å². The number of primary amides is 1. The first-order valence-corrected chi connectivity index (χ1v) is 8.84. The van der Waals surface area contributed by atoms with Crippen LogP contribution >= 0.6 is 0 Å². The molecule has 1 fully saturated rings. The van der Waals surface area contributed by atoms with Crippen molar-refractivity contribution in [3.05, 3.63) is 65.7 Å². The number of carbonyl (C=O) groups excluding carboxylic acids is 2. The molecule has 5 nitrogen and oxygen atoms in total. The number of hydrogen-bond acceptors (Lipinski definition) is 3. The summed E-state index contributed by atoms with van der Waals surface area (Å²) < 4.78 is 5.79. The molecule has 0 bridgehead atoms. The van der Waals surface area contributed by atoms with Crippen LogP contribution in [0.1, 0.15) is 11.1 Å². The predicted octanol–water partition coefficient (Wildman–Crippen LogP) is 2.18. The Morgan fingerprint density at radius 3 is 2.46 bits per heavy atom. The molecule has 2 amide bonds. The van der Waals surface area contributed by atoms with Gasteiger partial charge in [-0.1, -0.05) is 42.5 Å². The molecule has 1 aliphatic heterocycles. The van der Waals surface area contributed by atoms with Gasteiger partial charge in [-0.15, -0.1) is 0 Å². The van der Waals surface area contributed by atoms with E-state index in [-0.39, 0.29) is 23.7 Å². The standard InChI is InChI=1S/C21H24N2O3/c1-15-7-5-6-8-16(15)11-20(24)23-12-17(19(13-23)21(22)25)14-26-18-9-3-2-4-10-18/h2-10,17,19H,11-14H2,1H3,(H2,22,25)/t17-,19+/m0/s1. The van der Waals surface area contributed by atoms with Gasteiger partial charge in [-0.05, 0) is 30.2 Å². The van der Waals surface area contributed by atoms with Crippen LogP contribution in [0, 0.1) is 18.8 Å². The minimum absolute atomic E-state index is 0.0211. The highest BCUT2D eigenvalue weighted by atomic mass is 16.5. The van der Waals surface area contributed by atoms with Crippen molar-refractivity contribution in [3.63, 3.8) is 0 Å². The number of para-hydroxylation sites is 1. The number of benzene rings is 2. The first-order valence-electron chi connectivity index (χ1n) is 8.84. The molecule has 0 aliphatic carbocycles. The number of nitrogens with zero attached hydrogens (tertiary/aromatic N) is 1. The van der Waals surface area contributed by atoms with Gasteiger partial charge in [-0.2, -0.15) is 0 Å². The van der Waals surface area contributed by atoms with Gasteiger partial charge in [0.05, 0.1) is 18.9 Å². The van der Waals surface area contributed by atoms with Gasteiger partial charge in [-0.3, -0.25) is 9.59 Å². The van der Waals surface area contributed by atoms with Crippen LogP contribution in [0.15, 0.2) is 54.6 Å². The Morgan fingerprint density at radius 2 is 1.77 bits per heavy atom. The Hall–Kier alpha value is -2.82. The first-order chi connectivity index (χ1) is 12.5. The molecular weight excluding hydrogens is 328 g/mol. The molecular formula is C21H24N2O3. The van der Waals surface area contributed by atoms with Crippen molar-refractivity contribution in [2.45, 2.75) is 13.3 Å². The maximum atomic E-state index is 12.7. The Morgan fingerprint density at radius 1 is 1.08 bits per heavy atom. The molecule has 0 spiro atoms. The van der Waals surface area contributed by atoms with Crippen molar-refractivity contribution in [1.82, 2.24) is 4.90 Å². The molecule has 0 aromatic heterocycles. The highest BCUT2D eigenvalue weighted by Gasteiger charge is 2.38. The molecule has 1 heterocycles. The molecule has 0 unspecified atom stereocenters. The van der Waals surface area contributed by atoms with E-state index in [2.05, 4.69) is 0 Å². The van der Waals surface area contributed by atoms with Gasteiger partial charge >= 0.3 is 0 Å². The summed E-state index contributed by atoms with van der Waals surface area (Å²) in [4.78, 5) is 26.3. The number of carbonyl (C=O) groups is 2. The van der Waals surface area contributed by atoms with Crippen LogP contribution in [0.5, 0.6) is 5.75 Å². The fraction of sp³-hybridized carbons (Fsp3) is 0.333. The molecule has 2 aromatic rings. The fourth-order valence-corrected chi connectivity index (χ4v) is 3.37. The molecule has 26 heavy (non-hydrogen) atoms. The molecule has 1 aliphatic rings. The average Bonchev–Trinajstić information content (AvgIpc) is 3.07. The number of nitrogens with two attached hydrogens (primary N) is 1. The van der Waals surface area contributed by atoms with Crippen LogP contribution in [-0.4, -0.2) is 36.4 Å². The minimum Gasteiger partial charge on any atom is -0.493 e. The summed E-state index contributed by atoms with van der Waals surface area (Å²) in [5.74, 6) is -0.0703. The lowest BCUT2D eigenvalue weighted by Gasteiger charge is -2.17. The lowest BCUT2D eigenvalue weighted by atomic mass is 9.96. The summed E-state index contributed by atoms with van der Waals surface area (Å²) in [6.45, 7) is 3.22. The maximum Gasteiger partial charge on any atom is 0.227 e. The highest BCUT2D eigenvalue weighted by molar-refractivity contribution is 5.82. The molecule has 0 saturated carbocycles. The lowest BCUT2D eigenvalue weighted by molar-refractivity contribution is -0.129. The van der Waals surface area contributed by atoms with Crippen molar-refractivity contribution >= 4 is 11.8 Å². The molecule has 1 saturated heterocycles. The van der Waals surface area contributed by atoms with Gasteiger partial charge in [-0.25, -0.2) is 0 Å². The normalized spacial score (nSPS) is 19.3. The van der Waals surface area contributed by atoms with Crippen molar-refractivity contribution in [1.29, 1.82) is 0 Å². The molecule has 3 rings (SSSR count). The van der Waals surface area contributed by atoms with Gasteiger partial charge in [0.15, 0.2) is 0 Å².